The van der Waals surface area contributed by atoms with Crippen LogP contribution in [0.5, 0.6) is 0 Å². The molecular formula is C17H19NO3. The van der Waals surface area contributed by atoms with Crippen molar-refractivity contribution in [2.45, 2.75) is 38.3 Å². The summed E-state index contributed by atoms with van der Waals surface area (Å²) in [6.45, 7) is 0.442. The van der Waals surface area contributed by atoms with Gasteiger partial charge in [-0.3, -0.25) is 4.79 Å². The molecule has 0 spiro atoms. The van der Waals surface area contributed by atoms with E-state index in [2.05, 4.69) is 0 Å². The van der Waals surface area contributed by atoms with Crippen LogP contribution in [0.1, 0.15) is 30.4 Å². The second-order valence-electron chi connectivity index (χ2n) is 6.72. The van der Waals surface area contributed by atoms with Crippen LogP contribution in [-0.2, 0) is 22.6 Å². The summed E-state index contributed by atoms with van der Waals surface area (Å²) in [6.07, 6.45) is 3.63. The van der Waals surface area contributed by atoms with Gasteiger partial charge in [-0.05, 0) is 42.2 Å². The molecule has 2 fully saturated rings. The first kappa shape index (κ1) is 12.9. The first-order chi connectivity index (χ1) is 10.1. The monoisotopic (exact) mass is 285 g/mol. The smallest absolute Gasteiger partial charge is 0.326 e. The van der Waals surface area contributed by atoms with Crippen molar-refractivity contribution in [2.24, 2.45) is 17.8 Å². The second kappa shape index (κ2) is 4.58. The minimum Gasteiger partial charge on any atom is -0.480 e. The number of carbonyl (C=O) groups excluding carboxylic acids is 1. The summed E-state index contributed by atoms with van der Waals surface area (Å²) < 4.78 is 0. The first-order valence-electron chi connectivity index (χ1n) is 7.73. The lowest BCUT2D eigenvalue weighted by molar-refractivity contribution is -0.153. The molecule has 3 aliphatic rings. The van der Waals surface area contributed by atoms with E-state index in [4.69, 9.17) is 0 Å². The van der Waals surface area contributed by atoms with E-state index < -0.39 is 12.0 Å². The molecule has 1 aromatic carbocycles. The van der Waals surface area contributed by atoms with E-state index in [1.165, 1.54) is 6.42 Å². The molecular weight excluding hydrogens is 266 g/mol. The molecule has 21 heavy (non-hydrogen) atoms. The Hall–Kier alpha value is -1.84. The Morgan fingerprint density at radius 2 is 1.71 bits per heavy atom. The van der Waals surface area contributed by atoms with Gasteiger partial charge in [0.2, 0.25) is 5.91 Å². The third-order valence-corrected chi connectivity index (χ3v) is 5.41. The van der Waals surface area contributed by atoms with Crippen molar-refractivity contribution in [3.63, 3.8) is 0 Å². The number of aliphatic carboxylic acids is 1. The van der Waals surface area contributed by atoms with E-state index in [-0.39, 0.29) is 11.8 Å². The molecule has 0 aromatic heterocycles. The number of fused-ring (bicyclic) bond motifs is 2. The maximum atomic E-state index is 12.8. The van der Waals surface area contributed by atoms with Crippen LogP contribution in [-0.4, -0.2) is 27.9 Å². The number of amides is 1. The maximum absolute atomic E-state index is 12.8. The molecule has 3 atom stereocenters. The molecule has 1 heterocycles. The number of carboxylic acid groups (broad SMARTS) is 1. The highest BCUT2D eigenvalue weighted by Crippen LogP contribution is 2.54. The SMILES string of the molecule is O=C(O)[C@@H]1Cc2ccccc2CN1C(=O)C1CC2CC2C1. The van der Waals surface area contributed by atoms with Crippen LogP contribution >= 0.6 is 0 Å². The van der Waals surface area contributed by atoms with E-state index in [9.17, 15) is 14.7 Å². The van der Waals surface area contributed by atoms with Gasteiger partial charge in [-0.2, -0.15) is 0 Å². The van der Waals surface area contributed by atoms with Crippen molar-refractivity contribution in [1.29, 1.82) is 0 Å². The van der Waals surface area contributed by atoms with E-state index in [1.54, 1.807) is 4.90 Å². The van der Waals surface area contributed by atoms with Crippen molar-refractivity contribution in [3.8, 4) is 0 Å². The Morgan fingerprint density at radius 1 is 1.05 bits per heavy atom. The van der Waals surface area contributed by atoms with Crippen LogP contribution in [0.2, 0.25) is 0 Å². The minimum absolute atomic E-state index is 0.0564. The van der Waals surface area contributed by atoms with Crippen LogP contribution in [0.25, 0.3) is 0 Å². The largest absolute Gasteiger partial charge is 0.480 e. The summed E-state index contributed by atoms with van der Waals surface area (Å²) in [5.74, 6) is 0.699. The van der Waals surface area contributed by atoms with Gasteiger partial charge in [-0.15, -0.1) is 0 Å². The van der Waals surface area contributed by atoms with Gasteiger partial charge in [0.25, 0.3) is 0 Å². The number of hydrogen-bond donors (Lipinski definition) is 1. The van der Waals surface area contributed by atoms with Crippen LogP contribution in [0, 0.1) is 17.8 Å². The molecule has 1 N–H and O–H groups in total. The van der Waals surface area contributed by atoms with E-state index in [0.29, 0.717) is 13.0 Å². The summed E-state index contributed by atoms with van der Waals surface area (Å²) in [7, 11) is 0. The van der Waals surface area contributed by atoms with Crippen molar-refractivity contribution in [3.05, 3.63) is 35.4 Å². The fourth-order valence-corrected chi connectivity index (χ4v) is 4.13. The van der Waals surface area contributed by atoms with Gasteiger partial charge < -0.3 is 10.0 Å². The molecule has 0 bridgehead atoms. The average molecular weight is 285 g/mol. The Kier molecular flexibility index (Phi) is 2.81. The molecule has 2 saturated carbocycles. The third-order valence-electron chi connectivity index (χ3n) is 5.41. The summed E-state index contributed by atoms with van der Waals surface area (Å²) in [5, 5.41) is 9.49. The van der Waals surface area contributed by atoms with Gasteiger partial charge in [-0.25, -0.2) is 4.79 Å². The van der Waals surface area contributed by atoms with Crippen molar-refractivity contribution >= 4 is 11.9 Å². The van der Waals surface area contributed by atoms with Gasteiger partial charge >= 0.3 is 5.97 Å². The average Bonchev–Trinajstić information content (AvgIpc) is 3.11. The molecule has 0 radical (unpaired) electrons. The molecule has 1 amide bonds. The molecule has 1 aliphatic heterocycles. The number of hydrogen-bond acceptors (Lipinski definition) is 2. The molecule has 2 unspecified atom stereocenters. The van der Waals surface area contributed by atoms with Crippen LogP contribution < -0.4 is 0 Å². The zero-order chi connectivity index (χ0) is 14.6. The third kappa shape index (κ3) is 2.13. The van der Waals surface area contributed by atoms with Gasteiger partial charge in [0.1, 0.15) is 6.04 Å². The van der Waals surface area contributed by atoms with Crippen molar-refractivity contribution in [1.82, 2.24) is 4.90 Å². The normalized spacial score (nSPS) is 33.2. The zero-order valence-corrected chi connectivity index (χ0v) is 11.9. The molecule has 2 aliphatic carbocycles. The van der Waals surface area contributed by atoms with Gasteiger partial charge in [0.15, 0.2) is 0 Å². The van der Waals surface area contributed by atoms with E-state index >= 15 is 0 Å². The van der Waals surface area contributed by atoms with Crippen LogP contribution in [0.3, 0.4) is 0 Å². The number of carboxylic acids is 1. The quantitative estimate of drug-likeness (QED) is 0.905. The fraction of sp³-hybridized carbons (Fsp3) is 0.529. The lowest BCUT2D eigenvalue weighted by atomic mass is 9.91. The molecule has 110 valence electrons. The molecule has 0 saturated heterocycles. The predicted molar refractivity (Wildman–Crippen MR) is 76.4 cm³/mol. The Bertz CT molecular complexity index is 602. The maximum Gasteiger partial charge on any atom is 0.326 e. The number of rotatable bonds is 2. The molecule has 4 nitrogen and oxygen atoms in total. The summed E-state index contributed by atoms with van der Waals surface area (Å²) >= 11 is 0. The fourth-order valence-electron chi connectivity index (χ4n) is 4.13. The zero-order valence-electron chi connectivity index (χ0n) is 11.9. The lowest BCUT2D eigenvalue weighted by Gasteiger charge is -2.36. The van der Waals surface area contributed by atoms with Crippen molar-refractivity contribution in [2.75, 3.05) is 0 Å². The highest BCUT2D eigenvalue weighted by atomic mass is 16.4. The van der Waals surface area contributed by atoms with Gasteiger partial charge in [0.05, 0.1) is 0 Å². The summed E-state index contributed by atoms with van der Waals surface area (Å²) in [6, 6.07) is 7.15. The number of nitrogens with zero attached hydrogens (tertiary/aromatic N) is 1. The second-order valence-corrected chi connectivity index (χ2v) is 6.72. The predicted octanol–water partition coefficient (Wildman–Crippen LogP) is 2.07. The Labute approximate surface area is 123 Å². The Morgan fingerprint density at radius 3 is 2.38 bits per heavy atom. The minimum atomic E-state index is -0.888. The highest BCUT2D eigenvalue weighted by molar-refractivity contribution is 5.86. The summed E-state index contributed by atoms with van der Waals surface area (Å²) in [4.78, 5) is 25.9. The lowest BCUT2D eigenvalue weighted by Crippen LogP contribution is -2.50. The molecule has 1 aromatic rings. The van der Waals surface area contributed by atoms with Crippen LogP contribution in [0.4, 0.5) is 0 Å². The van der Waals surface area contributed by atoms with Crippen LogP contribution in [0.15, 0.2) is 24.3 Å². The molecule has 4 heteroatoms. The Balaban J connectivity index is 1.59. The van der Waals surface area contributed by atoms with E-state index in [1.807, 2.05) is 24.3 Å². The summed E-state index contributed by atoms with van der Waals surface area (Å²) in [5.41, 5.74) is 2.15. The topological polar surface area (TPSA) is 57.6 Å². The first-order valence-corrected chi connectivity index (χ1v) is 7.73. The highest BCUT2D eigenvalue weighted by Gasteiger charge is 2.50. The van der Waals surface area contributed by atoms with Crippen molar-refractivity contribution < 1.29 is 14.7 Å². The molecule has 4 rings (SSSR count). The van der Waals surface area contributed by atoms with E-state index in [0.717, 1.165) is 35.8 Å². The van der Waals surface area contributed by atoms with Gasteiger partial charge in [-0.1, -0.05) is 24.3 Å². The number of benzene rings is 1. The number of carbonyl (C=O) groups is 2. The van der Waals surface area contributed by atoms with Gasteiger partial charge in [0, 0.05) is 18.9 Å². The standard InChI is InChI=1S/C17H19NO3/c19-16(14-6-12-5-13(12)7-14)18-9-11-4-2-1-3-10(11)8-15(18)17(20)21/h1-4,12-15H,5-9H2,(H,20,21)/t12?,13?,14?,15-/m0/s1.